The fraction of sp³-hybridized carbons (Fsp3) is 0.429. The summed E-state index contributed by atoms with van der Waals surface area (Å²) >= 11 is 0. The summed E-state index contributed by atoms with van der Waals surface area (Å²) in [6, 6.07) is 12.9. The van der Waals surface area contributed by atoms with Crippen molar-refractivity contribution in [3.05, 3.63) is 59.3 Å². The summed E-state index contributed by atoms with van der Waals surface area (Å²) < 4.78 is 9.57. The van der Waals surface area contributed by atoms with Gasteiger partial charge in [0.1, 0.15) is 5.69 Å². The van der Waals surface area contributed by atoms with Crippen LogP contribution < -0.4 is 5.32 Å². The Kier molecular flexibility index (Phi) is 5.41. The van der Waals surface area contributed by atoms with Crippen LogP contribution in [0.3, 0.4) is 0 Å². The minimum absolute atomic E-state index is 0.312. The molecule has 6 heteroatoms. The van der Waals surface area contributed by atoms with E-state index >= 15 is 0 Å². The standard InChI is InChI=1S/C28H32N4O2/c1-3-34-28(33)22-9-10-24-18(2)26(30-32(24)17-22)25-15-21-5-4-6-23(20-11-13-29-14-12-20)27(21)31(25)16-19-7-8-19/h4-6,9-10,15,17,19-20,29H,3,7-8,11-14,16H2,1-2H3. The molecule has 6 nitrogen and oxygen atoms in total. The summed E-state index contributed by atoms with van der Waals surface area (Å²) in [6.45, 7) is 7.54. The molecule has 1 saturated heterocycles. The second-order valence-electron chi connectivity index (χ2n) is 9.83. The maximum Gasteiger partial charge on any atom is 0.339 e. The van der Waals surface area contributed by atoms with Crippen LogP contribution in [0.25, 0.3) is 27.8 Å². The Hall–Kier alpha value is -3.12. The van der Waals surface area contributed by atoms with E-state index in [1.165, 1.54) is 47.8 Å². The Morgan fingerprint density at radius 2 is 1.97 bits per heavy atom. The number of rotatable bonds is 6. The van der Waals surface area contributed by atoms with Crippen molar-refractivity contribution in [2.45, 2.75) is 52.0 Å². The van der Waals surface area contributed by atoms with Crippen molar-refractivity contribution < 1.29 is 9.53 Å². The molecule has 6 rings (SSSR count). The Bertz CT molecular complexity index is 1370. The molecule has 0 spiro atoms. The van der Waals surface area contributed by atoms with Crippen molar-refractivity contribution >= 4 is 22.4 Å². The smallest absolute Gasteiger partial charge is 0.339 e. The van der Waals surface area contributed by atoms with Crippen molar-refractivity contribution in [3.8, 4) is 11.4 Å². The number of piperidine rings is 1. The largest absolute Gasteiger partial charge is 0.462 e. The SMILES string of the molecule is CCOC(=O)c1ccc2c(C)c(-c3cc4cccc(C5CCNCC5)c4n3CC3CC3)nn2c1. The van der Waals surface area contributed by atoms with E-state index < -0.39 is 0 Å². The van der Waals surface area contributed by atoms with Crippen LogP contribution in [0, 0.1) is 12.8 Å². The minimum atomic E-state index is -0.312. The summed E-state index contributed by atoms with van der Waals surface area (Å²) in [6.07, 6.45) is 6.78. The molecular formula is C28H32N4O2. The van der Waals surface area contributed by atoms with Gasteiger partial charge in [0.15, 0.2) is 0 Å². The maximum atomic E-state index is 12.3. The second kappa shape index (κ2) is 8.58. The molecule has 4 heterocycles. The van der Waals surface area contributed by atoms with Gasteiger partial charge < -0.3 is 14.6 Å². The molecule has 0 bridgehead atoms. The van der Waals surface area contributed by atoms with Gasteiger partial charge in [0.05, 0.1) is 28.9 Å². The van der Waals surface area contributed by atoms with Crippen molar-refractivity contribution in [1.82, 2.24) is 19.5 Å². The number of carbonyl (C=O) groups excluding carboxylic acids is 1. The fourth-order valence-corrected chi connectivity index (χ4v) is 5.51. The van der Waals surface area contributed by atoms with Crippen LogP contribution >= 0.6 is 0 Å². The number of para-hydroxylation sites is 1. The number of hydrogen-bond donors (Lipinski definition) is 1. The van der Waals surface area contributed by atoms with Gasteiger partial charge in [0.25, 0.3) is 0 Å². The molecule has 0 unspecified atom stereocenters. The molecular weight excluding hydrogens is 424 g/mol. The number of pyridine rings is 1. The number of ether oxygens (including phenoxy) is 1. The predicted octanol–water partition coefficient (Wildman–Crippen LogP) is 5.32. The molecule has 0 amide bonds. The molecule has 1 aliphatic carbocycles. The number of nitrogens with zero attached hydrogens (tertiary/aromatic N) is 3. The van der Waals surface area contributed by atoms with Crippen LogP contribution in [0.5, 0.6) is 0 Å². The molecule has 4 aromatic rings. The number of aryl methyl sites for hydroxylation is 1. The first-order valence-electron chi connectivity index (χ1n) is 12.6. The molecule has 1 aromatic carbocycles. The van der Waals surface area contributed by atoms with Gasteiger partial charge in [0.2, 0.25) is 0 Å². The molecule has 34 heavy (non-hydrogen) atoms. The van der Waals surface area contributed by atoms with Crippen LogP contribution in [0.15, 0.2) is 42.6 Å². The molecule has 0 radical (unpaired) electrons. The molecule has 0 atom stereocenters. The van der Waals surface area contributed by atoms with Crippen LogP contribution in [0.4, 0.5) is 0 Å². The first-order chi connectivity index (χ1) is 16.6. The monoisotopic (exact) mass is 456 g/mol. The van der Waals surface area contributed by atoms with E-state index in [0.29, 0.717) is 18.1 Å². The van der Waals surface area contributed by atoms with E-state index in [2.05, 4.69) is 41.1 Å². The molecule has 2 aliphatic rings. The lowest BCUT2D eigenvalue weighted by atomic mass is 9.89. The van der Waals surface area contributed by atoms with E-state index in [0.717, 1.165) is 42.3 Å². The number of aromatic nitrogens is 3. The first-order valence-corrected chi connectivity index (χ1v) is 12.6. The van der Waals surface area contributed by atoms with E-state index in [1.807, 2.05) is 23.6 Å². The molecule has 1 aliphatic heterocycles. The number of benzene rings is 1. The topological polar surface area (TPSA) is 60.6 Å². The van der Waals surface area contributed by atoms with Crippen molar-refractivity contribution in [2.24, 2.45) is 5.92 Å². The fourth-order valence-electron chi connectivity index (χ4n) is 5.51. The molecule has 2 fully saturated rings. The molecule has 1 saturated carbocycles. The van der Waals surface area contributed by atoms with Crippen LogP contribution in [0.2, 0.25) is 0 Å². The molecule has 176 valence electrons. The van der Waals surface area contributed by atoms with Gasteiger partial charge in [-0.05, 0) is 88.2 Å². The minimum Gasteiger partial charge on any atom is -0.462 e. The predicted molar refractivity (Wildman–Crippen MR) is 134 cm³/mol. The summed E-state index contributed by atoms with van der Waals surface area (Å²) in [5.74, 6) is 1.04. The van der Waals surface area contributed by atoms with Crippen molar-refractivity contribution in [3.63, 3.8) is 0 Å². The van der Waals surface area contributed by atoms with Gasteiger partial charge in [0, 0.05) is 23.7 Å². The zero-order valence-electron chi connectivity index (χ0n) is 20.0. The molecule has 1 N–H and O–H groups in total. The number of hydrogen-bond acceptors (Lipinski definition) is 4. The number of fused-ring (bicyclic) bond motifs is 2. The zero-order chi connectivity index (χ0) is 23.2. The molecule has 3 aromatic heterocycles. The second-order valence-corrected chi connectivity index (χ2v) is 9.83. The Morgan fingerprint density at radius 3 is 2.74 bits per heavy atom. The van der Waals surface area contributed by atoms with E-state index in [9.17, 15) is 4.79 Å². The van der Waals surface area contributed by atoms with Crippen LogP contribution in [-0.4, -0.2) is 39.8 Å². The maximum absolute atomic E-state index is 12.3. The van der Waals surface area contributed by atoms with E-state index in [-0.39, 0.29) is 5.97 Å². The third kappa shape index (κ3) is 3.70. The van der Waals surface area contributed by atoms with Crippen LogP contribution in [0.1, 0.15) is 60.0 Å². The highest BCUT2D eigenvalue weighted by Gasteiger charge is 2.28. The lowest BCUT2D eigenvalue weighted by Crippen LogP contribution is -2.26. The van der Waals surface area contributed by atoms with Gasteiger partial charge in [-0.2, -0.15) is 5.10 Å². The number of carbonyl (C=O) groups is 1. The highest BCUT2D eigenvalue weighted by molar-refractivity contribution is 5.92. The normalized spacial score (nSPS) is 17.0. The van der Waals surface area contributed by atoms with Crippen LogP contribution in [-0.2, 0) is 11.3 Å². The van der Waals surface area contributed by atoms with Gasteiger partial charge >= 0.3 is 5.97 Å². The lowest BCUT2D eigenvalue weighted by Gasteiger charge is -2.24. The van der Waals surface area contributed by atoms with Gasteiger partial charge in [-0.1, -0.05) is 18.2 Å². The third-order valence-electron chi connectivity index (χ3n) is 7.50. The highest BCUT2D eigenvalue weighted by atomic mass is 16.5. The Morgan fingerprint density at radius 1 is 1.15 bits per heavy atom. The Balaban J connectivity index is 1.51. The number of nitrogens with one attached hydrogen (secondary N) is 1. The van der Waals surface area contributed by atoms with Gasteiger partial charge in [-0.3, -0.25) is 0 Å². The summed E-state index contributed by atoms with van der Waals surface area (Å²) in [7, 11) is 0. The summed E-state index contributed by atoms with van der Waals surface area (Å²) in [5, 5.41) is 9.80. The van der Waals surface area contributed by atoms with E-state index in [4.69, 9.17) is 9.84 Å². The van der Waals surface area contributed by atoms with Gasteiger partial charge in [-0.25, -0.2) is 9.31 Å². The first kappa shape index (κ1) is 21.4. The zero-order valence-corrected chi connectivity index (χ0v) is 20.0. The summed E-state index contributed by atoms with van der Waals surface area (Å²) in [5.41, 5.74) is 7.73. The van der Waals surface area contributed by atoms with E-state index in [1.54, 1.807) is 6.20 Å². The Labute approximate surface area is 199 Å². The summed E-state index contributed by atoms with van der Waals surface area (Å²) in [4.78, 5) is 12.3. The lowest BCUT2D eigenvalue weighted by molar-refractivity contribution is 0.0525. The van der Waals surface area contributed by atoms with Crippen molar-refractivity contribution in [2.75, 3.05) is 19.7 Å². The third-order valence-corrected chi connectivity index (χ3v) is 7.50. The average Bonchev–Trinajstić information content (AvgIpc) is 3.53. The highest BCUT2D eigenvalue weighted by Crippen LogP contribution is 2.40. The van der Waals surface area contributed by atoms with Crippen molar-refractivity contribution in [1.29, 1.82) is 0 Å². The number of esters is 1. The quantitative estimate of drug-likeness (QED) is 0.399. The van der Waals surface area contributed by atoms with Gasteiger partial charge in [-0.15, -0.1) is 0 Å². The average molecular weight is 457 g/mol.